The van der Waals surface area contributed by atoms with Crippen molar-refractivity contribution in [1.29, 1.82) is 0 Å². The smallest absolute Gasteiger partial charge is 0.160 e. The zero-order valence-corrected chi connectivity index (χ0v) is 13.9. The van der Waals surface area contributed by atoms with Gasteiger partial charge in [-0.2, -0.15) is 6.41 Å². The summed E-state index contributed by atoms with van der Waals surface area (Å²) in [5, 5.41) is 9.30. The van der Waals surface area contributed by atoms with E-state index in [1.165, 1.54) is 13.5 Å². The molecule has 20 heavy (non-hydrogen) atoms. The molecule has 0 aromatic heterocycles. The molecule has 1 aromatic carbocycles. The van der Waals surface area contributed by atoms with Crippen LogP contribution in [0.2, 0.25) is 0 Å². The topological polar surface area (TPSA) is 84.9 Å². The van der Waals surface area contributed by atoms with Crippen LogP contribution in [-0.4, -0.2) is 45.2 Å². The number of aliphatic hydroxyl groups excluding tert-OH is 1. The summed E-state index contributed by atoms with van der Waals surface area (Å²) in [6, 6.07) is 4.75. The third-order valence-electron chi connectivity index (χ3n) is 2.31. The van der Waals surface area contributed by atoms with E-state index in [2.05, 4.69) is 5.32 Å². The Morgan fingerprint density at radius 1 is 1.30 bits per heavy atom. The first-order valence-electron chi connectivity index (χ1n) is 5.48. The fraction of sp³-hybridized carbons (Fsp3) is 0.385. The largest absolute Gasteiger partial charge is 0.521 e. The van der Waals surface area contributed by atoms with Gasteiger partial charge >= 0.3 is 0 Å². The Bertz CT molecular complexity index is 400. The Hall–Kier alpha value is -3.08. The molecule has 0 heterocycles. The van der Waals surface area contributed by atoms with Crippen LogP contribution in [0.1, 0.15) is 5.56 Å². The van der Waals surface area contributed by atoms with Crippen molar-refractivity contribution in [3.8, 4) is 11.5 Å². The molecule has 1 amide bonds. The Morgan fingerprint density at radius 2 is 1.90 bits per heavy atom. The van der Waals surface area contributed by atoms with Crippen molar-refractivity contribution in [3.05, 3.63) is 23.8 Å². The second kappa shape index (κ2) is 11.0. The van der Waals surface area contributed by atoms with E-state index < -0.39 is 6.04 Å². The first-order valence-corrected chi connectivity index (χ1v) is 5.48. The van der Waals surface area contributed by atoms with E-state index in [4.69, 9.17) is 14.6 Å². The number of methoxy groups -OCH3 is 2. The van der Waals surface area contributed by atoms with Crippen molar-refractivity contribution in [1.82, 2.24) is 5.32 Å². The predicted octanol–water partition coefficient (Wildman–Crippen LogP) is 0.0791. The molecule has 0 radical (unpaired) electrons. The molecule has 6 nitrogen and oxygen atoms in total. The maximum absolute atomic E-state index is 10.7. The summed E-state index contributed by atoms with van der Waals surface area (Å²) in [5.74, 6) is 1.21. The van der Waals surface area contributed by atoms with Gasteiger partial charge in [-0.3, -0.25) is 0 Å². The van der Waals surface area contributed by atoms with Gasteiger partial charge in [-0.25, -0.2) is 0 Å². The van der Waals surface area contributed by atoms with Gasteiger partial charge in [-0.15, -0.1) is 0 Å². The third kappa shape index (κ3) is 5.50. The number of hydrogen-bond donors (Lipinski definition) is 2. The van der Waals surface area contributed by atoms with Gasteiger partial charge in [0.05, 0.1) is 20.3 Å². The van der Waals surface area contributed by atoms with Crippen molar-refractivity contribution < 1.29 is 24.2 Å². The van der Waals surface area contributed by atoms with Gasteiger partial charge in [0.1, 0.15) is 6.29 Å². The molecular formula is C13H18FmNO5-. The van der Waals surface area contributed by atoms with E-state index in [1.54, 1.807) is 19.2 Å². The van der Waals surface area contributed by atoms with E-state index in [9.17, 15) is 9.59 Å². The normalized spacial score (nSPS) is 10.0. The van der Waals surface area contributed by atoms with Crippen LogP contribution < -0.4 is 14.8 Å². The summed E-state index contributed by atoms with van der Waals surface area (Å²) in [7, 11) is 4.09. The molecule has 0 aliphatic heterocycles. The van der Waals surface area contributed by atoms with Crippen LogP contribution in [0.3, 0.4) is 0 Å². The number of aldehydes is 1. The molecule has 2 N–H and O–H groups in total. The van der Waals surface area contributed by atoms with E-state index in [-0.39, 0.29) is 0 Å². The van der Waals surface area contributed by atoms with Crippen molar-refractivity contribution in [3.63, 3.8) is 0 Å². The summed E-state index contributed by atoms with van der Waals surface area (Å²) in [6.07, 6.45) is 2.56. The molecule has 0 aliphatic rings. The van der Waals surface area contributed by atoms with Gasteiger partial charge in [0.25, 0.3) is 0 Å². The van der Waals surface area contributed by atoms with E-state index in [0.717, 1.165) is 12.7 Å². The van der Waals surface area contributed by atoms with Crippen LogP contribution in [-0.2, 0) is 16.0 Å². The van der Waals surface area contributed by atoms with E-state index in [1.807, 2.05) is 6.07 Å². The van der Waals surface area contributed by atoms with Crippen LogP contribution in [0.5, 0.6) is 11.5 Å². The number of aliphatic hydroxyl groups is 1. The minimum Gasteiger partial charge on any atom is -0.521 e. The zero-order chi connectivity index (χ0) is 14.7. The first-order chi connectivity index (χ1) is 9.24. The molecule has 1 unspecified atom stereocenters. The van der Waals surface area contributed by atoms with E-state index in [0.29, 0.717) is 24.2 Å². The quantitative estimate of drug-likeness (QED) is 0.300. The second-order valence-electron chi connectivity index (χ2n) is 3.38. The van der Waals surface area contributed by atoms with Crippen LogP contribution >= 0.6 is 0 Å². The Labute approximate surface area is 112 Å². The first kappa shape index (κ1) is 19.3. The number of hydrogen-bond acceptors (Lipinski definition) is 5. The molecule has 0 fully saturated rings. The monoisotopic (exact) mass is 525 g/mol. The average Bonchev–Trinajstić information content (AvgIpc) is 2.48. The Morgan fingerprint density at radius 3 is 2.35 bits per heavy atom. The Balaban J connectivity index is 0. The van der Waals surface area contributed by atoms with Crippen LogP contribution in [0.15, 0.2) is 18.2 Å². The summed E-state index contributed by atoms with van der Waals surface area (Å²) in [6.45, 7) is 0. The van der Waals surface area contributed by atoms with Gasteiger partial charge in [0.15, 0.2) is 11.5 Å². The predicted molar refractivity (Wildman–Crippen MR) is 70.1 cm³/mol. The maximum Gasteiger partial charge on any atom is 0.160 e. The molecule has 1 atom stereocenters. The summed E-state index contributed by atoms with van der Waals surface area (Å²) in [5.41, 5.74) is 0.863. The second-order valence-corrected chi connectivity index (χ2v) is 3.38. The molecular weight excluding hydrogens is 507 g/mol. The van der Waals surface area contributed by atoms with Gasteiger partial charge in [0, 0.05) is 7.11 Å². The zero-order valence-electron chi connectivity index (χ0n) is 11.5. The molecule has 1 aromatic rings. The number of ether oxygens (including phenoxy) is 2. The molecule has 1 rings (SSSR count). The molecule has 7 heteroatoms. The van der Waals surface area contributed by atoms with Crippen molar-refractivity contribution in [2.75, 3.05) is 21.3 Å². The number of nitrogens with one attached hydrogen (secondary N) is 1. The summed E-state index contributed by atoms with van der Waals surface area (Å²) in [4.78, 5) is 20.8. The number of rotatable bonds is 7. The number of carbonyl (C=O) groups is 1. The SMILES string of the molecule is CO.COc1ccc(CC(C=O)N[C-]=O)cc1OC.[Fm]. The number of amides is 1. The Kier molecular flexibility index (Phi) is 10.6. The maximum atomic E-state index is 10.7. The number of benzene rings is 1. The molecule has 0 saturated carbocycles. The standard InChI is InChI=1S/C12H14NO4.CH4O.Fm/c1-16-11-4-3-9(6-12(11)17-2)5-10(7-14)13-8-15;1-2;/h3-4,6-7,10H,5H2,1-2H3,(H,13,15);2H,1H3;/q-1;;. The summed E-state index contributed by atoms with van der Waals surface area (Å²) < 4.78 is 10.2. The fourth-order valence-corrected chi connectivity index (χ4v) is 1.47. The van der Waals surface area contributed by atoms with Crippen molar-refractivity contribution in [2.45, 2.75) is 12.5 Å². The molecule has 0 aliphatic carbocycles. The van der Waals surface area contributed by atoms with Gasteiger partial charge < -0.3 is 29.5 Å². The van der Waals surface area contributed by atoms with Gasteiger partial charge in [-0.1, -0.05) is 6.07 Å². The molecule has 118 valence electrons. The molecule has 0 saturated heterocycles. The third-order valence-corrected chi connectivity index (χ3v) is 2.31. The molecule has 0 spiro atoms. The van der Waals surface area contributed by atoms with Crippen molar-refractivity contribution in [2.24, 2.45) is 0 Å². The van der Waals surface area contributed by atoms with Crippen LogP contribution in [0.25, 0.3) is 0 Å². The minimum absolute atomic E-state index is 0. The minimum atomic E-state index is -0.578. The fourth-order valence-electron chi connectivity index (χ4n) is 1.47. The van der Waals surface area contributed by atoms with Gasteiger partial charge in [0.2, 0.25) is 0 Å². The molecule has 0 bridgehead atoms. The van der Waals surface area contributed by atoms with Crippen LogP contribution in [0, 0.1) is 0 Å². The summed E-state index contributed by atoms with van der Waals surface area (Å²) >= 11 is 0. The van der Waals surface area contributed by atoms with Crippen LogP contribution in [0.4, 0.5) is 0 Å². The van der Waals surface area contributed by atoms with E-state index >= 15 is 0 Å². The van der Waals surface area contributed by atoms with Crippen molar-refractivity contribution >= 4 is 12.7 Å². The average molecular weight is 525 g/mol. The van der Waals surface area contributed by atoms with Gasteiger partial charge in [-0.05, 0) is 24.1 Å². The number of carbonyl (C=O) groups excluding carboxylic acids is 2.